The Morgan fingerprint density at radius 2 is 2.00 bits per heavy atom. The normalized spacial score (nSPS) is 28.6. The predicted octanol–water partition coefficient (Wildman–Crippen LogP) is 1.72. The molecule has 14 heavy (non-hydrogen) atoms. The standard InChI is InChI=1S/C11H21NO2/c1-8-5-6-9(7-12-8)10(13)14-11(2,3)4/h8-9,12H,5-7H2,1-4H3/t8-,9+/m1/s1. The molecule has 1 aliphatic heterocycles. The first kappa shape index (κ1) is 11.5. The van der Waals surface area contributed by atoms with Crippen LogP contribution in [0, 0.1) is 5.92 Å². The summed E-state index contributed by atoms with van der Waals surface area (Å²) in [7, 11) is 0. The quantitative estimate of drug-likeness (QED) is 0.653. The van der Waals surface area contributed by atoms with Crippen LogP contribution in [0.25, 0.3) is 0 Å². The third-order valence-electron chi connectivity index (χ3n) is 2.40. The van der Waals surface area contributed by atoms with Crippen molar-refractivity contribution in [2.45, 2.75) is 52.2 Å². The van der Waals surface area contributed by atoms with Crippen LogP contribution in [0.2, 0.25) is 0 Å². The van der Waals surface area contributed by atoms with Gasteiger partial charge in [0.2, 0.25) is 0 Å². The van der Waals surface area contributed by atoms with Gasteiger partial charge in [-0.1, -0.05) is 0 Å². The van der Waals surface area contributed by atoms with Gasteiger partial charge in [-0.25, -0.2) is 0 Å². The lowest BCUT2D eigenvalue weighted by molar-refractivity contribution is -0.160. The van der Waals surface area contributed by atoms with Gasteiger partial charge in [0.1, 0.15) is 5.60 Å². The monoisotopic (exact) mass is 199 g/mol. The largest absolute Gasteiger partial charge is 0.460 e. The van der Waals surface area contributed by atoms with E-state index in [0.29, 0.717) is 6.04 Å². The number of rotatable bonds is 1. The Morgan fingerprint density at radius 3 is 2.43 bits per heavy atom. The Morgan fingerprint density at radius 1 is 1.36 bits per heavy atom. The lowest BCUT2D eigenvalue weighted by Gasteiger charge is -2.29. The summed E-state index contributed by atoms with van der Waals surface area (Å²) in [5.41, 5.74) is -0.361. The number of carbonyl (C=O) groups is 1. The first-order chi connectivity index (χ1) is 6.38. The zero-order valence-corrected chi connectivity index (χ0v) is 9.59. The van der Waals surface area contributed by atoms with E-state index in [1.807, 2.05) is 20.8 Å². The van der Waals surface area contributed by atoms with Crippen molar-refractivity contribution in [1.82, 2.24) is 5.32 Å². The fourth-order valence-electron chi connectivity index (χ4n) is 1.59. The van der Waals surface area contributed by atoms with E-state index in [1.54, 1.807) is 0 Å². The van der Waals surface area contributed by atoms with Gasteiger partial charge in [-0.3, -0.25) is 4.79 Å². The van der Waals surface area contributed by atoms with Crippen LogP contribution < -0.4 is 5.32 Å². The van der Waals surface area contributed by atoms with Gasteiger partial charge in [-0.15, -0.1) is 0 Å². The average Bonchev–Trinajstić information content (AvgIpc) is 2.02. The van der Waals surface area contributed by atoms with Gasteiger partial charge >= 0.3 is 5.97 Å². The highest BCUT2D eigenvalue weighted by Crippen LogP contribution is 2.18. The van der Waals surface area contributed by atoms with Crippen molar-refractivity contribution in [3.8, 4) is 0 Å². The molecule has 1 fully saturated rings. The van der Waals surface area contributed by atoms with Gasteiger partial charge in [0.25, 0.3) is 0 Å². The van der Waals surface area contributed by atoms with Gasteiger partial charge in [0.05, 0.1) is 5.92 Å². The van der Waals surface area contributed by atoms with Crippen molar-refractivity contribution >= 4 is 5.97 Å². The summed E-state index contributed by atoms with van der Waals surface area (Å²) in [6.07, 6.45) is 2.01. The summed E-state index contributed by atoms with van der Waals surface area (Å²) >= 11 is 0. The molecule has 1 saturated heterocycles. The Hall–Kier alpha value is -0.570. The van der Waals surface area contributed by atoms with Crippen LogP contribution in [0.5, 0.6) is 0 Å². The third kappa shape index (κ3) is 3.66. The number of esters is 1. The Balaban J connectivity index is 2.38. The molecular formula is C11H21NO2. The number of hydrogen-bond acceptors (Lipinski definition) is 3. The summed E-state index contributed by atoms with van der Waals surface area (Å²) in [6.45, 7) is 8.62. The smallest absolute Gasteiger partial charge is 0.310 e. The van der Waals surface area contributed by atoms with Crippen molar-refractivity contribution in [2.24, 2.45) is 5.92 Å². The van der Waals surface area contributed by atoms with Crippen LogP contribution in [0.3, 0.4) is 0 Å². The van der Waals surface area contributed by atoms with Crippen LogP contribution in [0.1, 0.15) is 40.5 Å². The van der Waals surface area contributed by atoms with Gasteiger partial charge in [-0.05, 0) is 40.5 Å². The summed E-state index contributed by atoms with van der Waals surface area (Å²) in [4.78, 5) is 11.7. The molecule has 3 heteroatoms. The molecule has 2 atom stereocenters. The molecule has 0 aromatic rings. The summed E-state index contributed by atoms with van der Waals surface area (Å²) in [5, 5.41) is 3.30. The van der Waals surface area contributed by atoms with E-state index in [0.717, 1.165) is 19.4 Å². The van der Waals surface area contributed by atoms with E-state index < -0.39 is 0 Å². The van der Waals surface area contributed by atoms with Crippen molar-refractivity contribution in [3.63, 3.8) is 0 Å². The maximum atomic E-state index is 11.7. The van der Waals surface area contributed by atoms with E-state index in [2.05, 4.69) is 12.2 Å². The molecule has 0 amide bonds. The molecule has 1 N–H and O–H groups in total. The Labute approximate surface area is 86.2 Å². The number of ether oxygens (including phenoxy) is 1. The number of nitrogens with one attached hydrogen (secondary N) is 1. The molecule has 3 nitrogen and oxygen atoms in total. The minimum absolute atomic E-state index is 0.0467. The van der Waals surface area contributed by atoms with Crippen molar-refractivity contribution < 1.29 is 9.53 Å². The molecule has 1 aliphatic rings. The molecule has 0 saturated carbocycles. The first-order valence-electron chi connectivity index (χ1n) is 5.35. The van der Waals surface area contributed by atoms with E-state index in [-0.39, 0.29) is 17.5 Å². The third-order valence-corrected chi connectivity index (χ3v) is 2.40. The average molecular weight is 199 g/mol. The summed E-state index contributed by atoms with van der Waals surface area (Å²) < 4.78 is 5.33. The molecule has 0 aromatic carbocycles. The molecule has 0 spiro atoms. The second-order valence-electron chi connectivity index (χ2n) is 5.12. The highest BCUT2D eigenvalue weighted by Gasteiger charge is 2.28. The van der Waals surface area contributed by atoms with Gasteiger partial charge in [-0.2, -0.15) is 0 Å². The highest BCUT2D eigenvalue weighted by molar-refractivity contribution is 5.73. The highest BCUT2D eigenvalue weighted by atomic mass is 16.6. The van der Waals surface area contributed by atoms with Crippen LogP contribution in [-0.4, -0.2) is 24.2 Å². The predicted molar refractivity (Wildman–Crippen MR) is 56.0 cm³/mol. The second kappa shape index (κ2) is 4.30. The van der Waals surface area contributed by atoms with E-state index in [9.17, 15) is 4.79 Å². The Kier molecular flexibility index (Phi) is 3.53. The molecule has 82 valence electrons. The number of carbonyl (C=O) groups excluding carboxylic acids is 1. The van der Waals surface area contributed by atoms with Crippen molar-refractivity contribution in [3.05, 3.63) is 0 Å². The molecule has 1 rings (SSSR count). The van der Waals surface area contributed by atoms with Gasteiger partial charge < -0.3 is 10.1 Å². The topological polar surface area (TPSA) is 38.3 Å². The van der Waals surface area contributed by atoms with Crippen molar-refractivity contribution in [1.29, 1.82) is 0 Å². The molecule has 0 aliphatic carbocycles. The lowest BCUT2D eigenvalue weighted by Crippen LogP contribution is -2.42. The number of piperidine rings is 1. The lowest BCUT2D eigenvalue weighted by atomic mass is 9.95. The van der Waals surface area contributed by atoms with E-state index in [4.69, 9.17) is 4.74 Å². The summed E-state index contributed by atoms with van der Waals surface area (Å²) in [5.74, 6) is -0.0117. The molecule has 0 radical (unpaired) electrons. The minimum Gasteiger partial charge on any atom is -0.460 e. The van der Waals surface area contributed by atoms with Crippen LogP contribution in [0.15, 0.2) is 0 Å². The molecular weight excluding hydrogens is 178 g/mol. The summed E-state index contributed by atoms with van der Waals surface area (Å²) in [6, 6.07) is 0.536. The molecule has 0 bridgehead atoms. The first-order valence-corrected chi connectivity index (χ1v) is 5.35. The molecule has 1 heterocycles. The zero-order valence-electron chi connectivity index (χ0n) is 9.59. The van der Waals surface area contributed by atoms with E-state index in [1.165, 1.54) is 0 Å². The molecule has 0 unspecified atom stereocenters. The number of hydrogen-bond donors (Lipinski definition) is 1. The van der Waals surface area contributed by atoms with Crippen LogP contribution >= 0.6 is 0 Å². The van der Waals surface area contributed by atoms with Crippen molar-refractivity contribution in [2.75, 3.05) is 6.54 Å². The molecule has 0 aromatic heterocycles. The minimum atomic E-state index is -0.361. The maximum absolute atomic E-state index is 11.7. The Bertz CT molecular complexity index is 200. The van der Waals surface area contributed by atoms with Crippen LogP contribution in [-0.2, 0) is 9.53 Å². The second-order valence-corrected chi connectivity index (χ2v) is 5.12. The van der Waals surface area contributed by atoms with Crippen LogP contribution in [0.4, 0.5) is 0 Å². The fourth-order valence-corrected chi connectivity index (χ4v) is 1.59. The SMILES string of the molecule is C[C@@H]1CC[C@H](C(=O)OC(C)(C)C)CN1. The maximum Gasteiger partial charge on any atom is 0.310 e. The van der Waals surface area contributed by atoms with E-state index >= 15 is 0 Å². The zero-order chi connectivity index (χ0) is 10.8. The van der Waals surface area contributed by atoms with Gasteiger partial charge in [0, 0.05) is 12.6 Å². The fraction of sp³-hybridized carbons (Fsp3) is 0.909. The van der Waals surface area contributed by atoms with Gasteiger partial charge in [0.15, 0.2) is 0 Å².